The number of H-pyrrole nitrogens is 1. The Morgan fingerprint density at radius 1 is 1.48 bits per heavy atom. The van der Waals surface area contributed by atoms with Crippen LogP contribution in [0.4, 0.5) is 11.4 Å². The van der Waals surface area contributed by atoms with Crippen LogP contribution in [0.2, 0.25) is 0 Å². The lowest BCUT2D eigenvalue weighted by Gasteiger charge is -2.03. The molecule has 9 heteroatoms. The number of nitrogens with zero attached hydrogens (tertiary/aromatic N) is 3. The van der Waals surface area contributed by atoms with Gasteiger partial charge >= 0.3 is 0 Å². The number of carbonyl (C=O) groups excluding carboxylic acids is 1. The van der Waals surface area contributed by atoms with Crippen molar-refractivity contribution in [2.75, 3.05) is 5.32 Å². The normalized spacial score (nSPS) is 14.0. The third-order valence-corrected chi connectivity index (χ3v) is 3.71. The molecule has 1 aromatic carbocycles. The predicted octanol–water partition coefficient (Wildman–Crippen LogP) is 2.61. The number of carbonyl (C=O) groups is 1. The van der Waals surface area contributed by atoms with Crippen LogP contribution >= 0.6 is 15.9 Å². The van der Waals surface area contributed by atoms with Crippen LogP contribution < -0.4 is 5.32 Å². The van der Waals surface area contributed by atoms with Crippen molar-refractivity contribution in [2.24, 2.45) is 0 Å². The first-order chi connectivity index (χ1) is 10.0. The lowest BCUT2D eigenvalue weighted by atomic mass is 10.3. The quantitative estimate of drug-likeness (QED) is 0.649. The van der Waals surface area contributed by atoms with Gasteiger partial charge in [-0.3, -0.25) is 20.0 Å². The fourth-order valence-electron chi connectivity index (χ4n) is 1.83. The largest absolute Gasteiger partial charge is 0.319 e. The van der Waals surface area contributed by atoms with Crippen molar-refractivity contribution in [3.05, 3.63) is 44.4 Å². The Balaban J connectivity index is 1.74. The summed E-state index contributed by atoms with van der Waals surface area (Å²) in [4.78, 5) is 26.3. The number of aromatic nitrogens is 3. The summed E-state index contributed by atoms with van der Waals surface area (Å²) in [5.41, 5.74) is 0.358. The van der Waals surface area contributed by atoms with Gasteiger partial charge in [0.05, 0.1) is 9.40 Å². The van der Waals surface area contributed by atoms with Gasteiger partial charge in [0.2, 0.25) is 5.82 Å². The van der Waals surface area contributed by atoms with Crippen LogP contribution in [-0.4, -0.2) is 26.0 Å². The molecule has 0 bridgehead atoms. The highest BCUT2D eigenvalue weighted by Gasteiger charge is 2.28. The van der Waals surface area contributed by atoms with Gasteiger partial charge in [0, 0.05) is 17.7 Å². The van der Waals surface area contributed by atoms with Crippen molar-refractivity contribution in [3.8, 4) is 0 Å². The van der Waals surface area contributed by atoms with Gasteiger partial charge in [-0.25, -0.2) is 4.98 Å². The first-order valence-electron chi connectivity index (χ1n) is 6.22. The smallest absolute Gasteiger partial charge is 0.295 e. The van der Waals surface area contributed by atoms with Crippen LogP contribution in [0.3, 0.4) is 0 Å². The first-order valence-corrected chi connectivity index (χ1v) is 7.01. The molecule has 2 N–H and O–H groups in total. The summed E-state index contributed by atoms with van der Waals surface area (Å²) < 4.78 is 0.291. The van der Waals surface area contributed by atoms with Crippen molar-refractivity contribution >= 4 is 33.2 Å². The van der Waals surface area contributed by atoms with Crippen LogP contribution in [0.1, 0.15) is 35.2 Å². The number of nitro groups is 1. The van der Waals surface area contributed by atoms with Crippen LogP contribution in [0.25, 0.3) is 0 Å². The van der Waals surface area contributed by atoms with E-state index in [9.17, 15) is 14.9 Å². The van der Waals surface area contributed by atoms with E-state index in [0.717, 1.165) is 18.7 Å². The molecule has 1 heterocycles. The molecule has 0 spiro atoms. The third-order valence-electron chi connectivity index (χ3n) is 3.07. The summed E-state index contributed by atoms with van der Waals surface area (Å²) in [7, 11) is 0. The number of nitrogens with one attached hydrogen (secondary N) is 2. The second kappa shape index (κ2) is 5.24. The molecule has 1 amide bonds. The minimum Gasteiger partial charge on any atom is -0.319 e. The molecular weight excluding hydrogens is 342 g/mol. The Labute approximate surface area is 127 Å². The molecule has 0 radical (unpaired) electrons. The maximum absolute atomic E-state index is 12.0. The monoisotopic (exact) mass is 351 g/mol. The van der Waals surface area contributed by atoms with Gasteiger partial charge < -0.3 is 5.32 Å². The number of halogens is 1. The van der Waals surface area contributed by atoms with Crippen LogP contribution in [0, 0.1) is 10.1 Å². The van der Waals surface area contributed by atoms with Gasteiger partial charge in [-0.1, -0.05) is 0 Å². The Bertz CT molecular complexity index is 725. The summed E-state index contributed by atoms with van der Waals surface area (Å²) in [5.74, 6) is 0.711. The molecule has 1 saturated carbocycles. The molecule has 1 aliphatic rings. The van der Waals surface area contributed by atoms with E-state index in [1.54, 1.807) is 0 Å². The van der Waals surface area contributed by atoms with Gasteiger partial charge in [-0.2, -0.15) is 0 Å². The van der Waals surface area contributed by atoms with Crippen molar-refractivity contribution in [1.29, 1.82) is 0 Å². The van der Waals surface area contributed by atoms with E-state index in [1.165, 1.54) is 18.2 Å². The van der Waals surface area contributed by atoms with E-state index in [2.05, 4.69) is 36.4 Å². The molecular formula is C12H10BrN5O3. The summed E-state index contributed by atoms with van der Waals surface area (Å²) in [6.07, 6.45) is 2.12. The molecule has 2 aromatic rings. The fraction of sp³-hybridized carbons (Fsp3) is 0.250. The average molecular weight is 352 g/mol. The number of nitro benzene ring substituents is 1. The number of hydrogen-bond donors (Lipinski definition) is 2. The summed E-state index contributed by atoms with van der Waals surface area (Å²) in [6.45, 7) is 0. The number of rotatable bonds is 4. The summed E-state index contributed by atoms with van der Waals surface area (Å²) in [6, 6.07) is 4.23. The Morgan fingerprint density at radius 2 is 2.24 bits per heavy atom. The number of aromatic amines is 1. The lowest BCUT2D eigenvalue weighted by Crippen LogP contribution is -2.13. The molecule has 1 aliphatic carbocycles. The van der Waals surface area contributed by atoms with E-state index in [4.69, 9.17) is 0 Å². The second-order valence-electron chi connectivity index (χ2n) is 4.70. The van der Waals surface area contributed by atoms with Crippen molar-refractivity contribution in [1.82, 2.24) is 15.2 Å². The molecule has 1 fully saturated rings. The topological polar surface area (TPSA) is 114 Å². The minimum absolute atomic E-state index is 0.0615. The molecule has 0 aliphatic heterocycles. The minimum atomic E-state index is -0.507. The molecule has 21 heavy (non-hydrogen) atoms. The van der Waals surface area contributed by atoms with Crippen LogP contribution in [0.5, 0.6) is 0 Å². The third kappa shape index (κ3) is 2.92. The molecule has 1 aromatic heterocycles. The zero-order valence-electron chi connectivity index (χ0n) is 10.7. The summed E-state index contributed by atoms with van der Waals surface area (Å²) >= 11 is 3.09. The van der Waals surface area contributed by atoms with Crippen molar-refractivity contribution in [2.45, 2.75) is 18.8 Å². The van der Waals surface area contributed by atoms with Crippen molar-refractivity contribution in [3.63, 3.8) is 0 Å². The van der Waals surface area contributed by atoms with E-state index in [0.29, 0.717) is 16.1 Å². The lowest BCUT2D eigenvalue weighted by molar-refractivity contribution is -0.385. The van der Waals surface area contributed by atoms with Gasteiger partial charge in [0.15, 0.2) is 0 Å². The Hall–Kier alpha value is -2.29. The SMILES string of the molecule is O=C(Nc1ccc([N+](=O)[O-])c(Br)c1)c1n[nH]c(C2CC2)n1. The van der Waals surface area contributed by atoms with Crippen LogP contribution in [0.15, 0.2) is 22.7 Å². The maximum Gasteiger partial charge on any atom is 0.295 e. The zero-order chi connectivity index (χ0) is 15.0. The van der Waals surface area contributed by atoms with E-state index < -0.39 is 10.8 Å². The second-order valence-corrected chi connectivity index (χ2v) is 5.55. The van der Waals surface area contributed by atoms with E-state index in [-0.39, 0.29) is 11.5 Å². The number of hydrogen-bond acceptors (Lipinski definition) is 5. The van der Waals surface area contributed by atoms with Crippen LogP contribution in [-0.2, 0) is 0 Å². The Kier molecular flexibility index (Phi) is 3.42. The van der Waals surface area contributed by atoms with E-state index in [1.807, 2.05) is 0 Å². The summed E-state index contributed by atoms with van der Waals surface area (Å²) in [5, 5.41) is 19.9. The highest BCUT2D eigenvalue weighted by molar-refractivity contribution is 9.10. The molecule has 0 atom stereocenters. The molecule has 108 valence electrons. The van der Waals surface area contributed by atoms with Crippen molar-refractivity contribution < 1.29 is 9.72 Å². The maximum atomic E-state index is 12.0. The standard InChI is InChI=1S/C12H10BrN5O3/c13-8-5-7(3-4-9(8)18(20)21)14-12(19)11-15-10(16-17-11)6-1-2-6/h3-6H,1-2H2,(H,14,19)(H,15,16,17). The molecule has 3 rings (SSSR count). The predicted molar refractivity (Wildman–Crippen MR) is 77.1 cm³/mol. The highest BCUT2D eigenvalue weighted by Crippen LogP contribution is 2.37. The number of anilines is 1. The van der Waals surface area contributed by atoms with E-state index >= 15 is 0 Å². The van der Waals surface area contributed by atoms with Gasteiger partial charge in [0.1, 0.15) is 5.82 Å². The number of benzene rings is 1. The van der Waals surface area contributed by atoms with Gasteiger partial charge in [-0.05, 0) is 40.9 Å². The number of amides is 1. The molecule has 8 nitrogen and oxygen atoms in total. The fourth-order valence-corrected chi connectivity index (χ4v) is 2.36. The zero-order valence-corrected chi connectivity index (χ0v) is 12.3. The average Bonchev–Trinajstić information content (AvgIpc) is 3.16. The molecule has 0 saturated heterocycles. The Morgan fingerprint density at radius 3 is 2.86 bits per heavy atom. The molecule has 0 unspecified atom stereocenters. The first kappa shape index (κ1) is 13.7. The van der Waals surface area contributed by atoms with Gasteiger partial charge in [-0.15, -0.1) is 5.10 Å². The van der Waals surface area contributed by atoms with Gasteiger partial charge in [0.25, 0.3) is 11.6 Å². The highest BCUT2D eigenvalue weighted by atomic mass is 79.9.